The molecule has 0 radical (unpaired) electrons. The first kappa shape index (κ1) is 19.0. The van der Waals surface area contributed by atoms with Crippen LogP contribution in [0.5, 0.6) is 0 Å². The van der Waals surface area contributed by atoms with E-state index in [4.69, 9.17) is 4.74 Å². The highest BCUT2D eigenvalue weighted by molar-refractivity contribution is 9.10. The van der Waals surface area contributed by atoms with Crippen molar-refractivity contribution in [1.29, 1.82) is 0 Å². The summed E-state index contributed by atoms with van der Waals surface area (Å²) < 4.78 is 6.18. The van der Waals surface area contributed by atoms with Crippen LogP contribution >= 0.6 is 27.7 Å². The fourth-order valence-corrected chi connectivity index (χ4v) is 4.18. The van der Waals surface area contributed by atoms with E-state index in [1.165, 1.54) is 22.9 Å². The highest BCUT2D eigenvalue weighted by Gasteiger charge is 2.21. The lowest BCUT2D eigenvalue weighted by molar-refractivity contribution is -0.150. The number of hydrogen-bond donors (Lipinski definition) is 0. The van der Waals surface area contributed by atoms with E-state index in [0.717, 1.165) is 21.4 Å². The number of thioether (sulfide) groups is 1. The van der Waals surface area contributed by atoms with Gasteiger partial charge in [0, 0.05) is 22.5 Å². The van der Waals surface area contributed by atoms with Gasteiger partial charge in [-0.3, -0.25) is 9.59 Å². The van der Waals surface area contributed by atoms with Crippen molar-refractivity contribution in [2.75, 3.05) is 18.9 Å². The number of aryl methyl sites for hydroxylation is 1. The minimum Gasteiger partial charge on any atom is -0.455 e. The van der Waals surface area contributed by atoms with Gasteiger partial charge in [-0.2, -0.15) is 0 Å². The number of ether oxygens (including phenoxy) is 1. The normalized spacial score (nSPS) is 13.2. The van der Waals surface area contributed by atoms with E-state index in [9.17, 15) is 9.59 Å². The molecule has 6 heteroatoms. The second-order valence-corrected chi connectivity index (χ2v) is 8.13. The van der Waals surface area contributed by atoms with Gasteiger partial charge in [0.05, 0.1) is 5.75 Å². The molecule has 1 aliphatic heterocycles. The number of rotatable bonds is 5. The summed E-state index contributed by atoms with van der Waals surface area (Å²) in [5, 5.41) is 0. The van der Waals surface area contributed by atoms with Gasteiger partial charge < -0.3 is 9.64 Å². The Kier molecular flexibility index (Phi) is 6.38. The minimum absolute atomic E-state index is 0.141. The first-order valence-corrected chi connectivity index (χ1v) is 10.2. The molecule has 0 atom stereocenters. The average Bonchev–Trinajstić information content (AvgIpc) is 2.65. The third-order valence-electron chi connectivity index (χ3n) is 4.32. The zero-order valence-corrected chi connectivity index (χ0v) is 16.9. The third kappa shape index (κ3) is 4.89. The van der Waals surface area contributed by atoms with E-state index >= 15 is 0 Å². The summed E-state index contributed by atoms with van der Waals surface area (Å²) >= 11 is 4.84. The highest BCUT2D eigenvalue weighted by atomic mass is 79.9. The molecule has 4 nitrogen and oxygen atoms in total. The molecule has 0 saturated heterocycles. The van der Waals surface area contributed by atoms with Crippen molar-refractivity contribution in [3.63, 3.8) is 0 Å². The maximum Gasteiger partial charge on any atom is 0.316 e. The van der Waals surface area contributed by atoms with Crippen LogP contribution in [0.15, 0.2) is 51.8 Å². The van der Waals surface area contributed by atoms with E-state index in [2.05, 4.69) is 22.0 Å². The second-order valence-electron chi connectivity index (χ2n) is 6.19. The SMILES string of the molecule is Cc1cc(Br)ccc1SCC(=O)OCC(=O)N1CCc2ccccc2C1. The lowest BCUT2D eigenvalue weighted by Crippen LogP contribution is -2.38. The van der Waals surface area contributed by atoms with Crippen LogP contribution in [0.25, 0.3) is 0 Å². The zero-order valence-electron chi connectivity index (χ0n) is 14.5. The van der Waals surface area contributed by atoms with Crippen molar-refractivity contribution < 1.29 is 14.3 Å². The smallest absolute Gasteiger partial charge is 0.316 e. The quantitative estimate of drug-likeness (QED) is 0.528. The molecule has 0 bridgehead atoms. The summed E-state index contributed by atoms with van der Waals surface area (Å²) in [6.45, 7) is 3.05. The van der Waals surface area contributed by atoms with E-state index < -0.39 is 0 Å². The molecule has 1 amide bonds. The van der Waals surface area contributed by atoms with E-state index in [0.29, 0.717) is 13.1 Å². The third-order valence-corrected chi connectivity index (χ3v) is 5.96. The fraction of sp³-hybridized carbons (Fsp3) is 0.300. The average molecular weight is 434 g/mol. The Morgan fingerprint density at radius 1 is 1.19 bits per heavy atom. The number of nitrogens with zero attached hydrogens (tertiary/aromatic N) is 1. The molecule has 0 aliphatic carbocycles. The Morgan fingerprint density at radius 2 is 1.96 bits per heavy atom. The molecule has 1 aliphatic rings. The van der Waals surface area contributed by atoms with Gasteiger partial charge in [0.2, 0.25) is 0 Å². The van der Waals surface area contributed by atoms with Crippen LogP contribution in [0.4, 0.5) is 0 Å². The Bertz CT molecular complexity index is 824. The molecule has 2 aromatic carbocycles. The molecular weight excluding hydrogens is 414 g/mol. The Labute approximate surface area is 166 Å². The molecule has 0 spiro atoms. The monoisotopic (exact) mass is 433 g/mol. The molecule has 26 heavy (non-hydrogen) atoms. The molecule has 3 rings (SSSR count). The summed E-state index contributed by atoms with van der Waals surface area (Å²) in [6.07, 6.45) is 0.842. The van der Waals surface area contributed by atoms with Crippen molar-refractivity contribution in [2.45, 2.75) is 24.8 Å². The number of hydrogen-bond acceptors (Lipinski definition) is 4. The lowest BCUT2D eigenvalue weighted by Gasteiger charge is -2.28. The largest absolute Gasteiger partial charge is 0.455 e. The summed E-state index contributed by atoms with van der Waals surface area (Å²) in [7, 11) is 0. The number of fused-ring (bicyclic) bond motifs is 1. The molecule has 0 saturated carbocycles. The van der Waals surface area contributed by atoms with Crippen molar-refractivity contribution in [3.05, 3.63) is 63.6 Å². The second kappa shape index (κ2) is 8.73. The Hall–Kier alpha value is -1.79. The molecule has 0 aromatic heterocycles. The van der Waals surface area contributed by atoms with Crippen LogP contribution in [0.1, 0.15) is 16.7 Å². The zero-order chi connectivity index (χ0) is 18.5. The van der Waals surface area contributed by atoms with Crippen LogP contribution in [-0.4, -0.2) is 35.7 Å². The molecule has 0 N–H and O–H groups in total. The van der Waals surface area contributed by atoms with Crippen LogP contribution in [0.3, 0.4) is 0 Å². The summed E-state index contributed by atoms with van der Waals surface area (Å²) in [5.74, 6) is -0.320. The van der Waals surface area contributed by atoms with Crippen LogP contribution in [0, 0.1) is 6.92 Å². The first-order chi connectivity index (χ1) is 12.5. The molecular formula is C20H20BrNO3S. The predicted molar refractivity (Wildman–Crippen MR) is 106 cm³/mol. The number of carbonyl (C=O) groups excluding carboxylic acids is 2. The predicted octanol–water partition coefficient (Wildman–Crippen LogP) is 3.98. The van der Waals surface area contributed by atoms with E-state index in [1.54, 1.807) is 4.90 Å². The molecule has 0 fully saturated rings. The lowest BCUT2D eigenvalue weighted by atomic mass is 10.00. The van der Waals surface area contributed by atoms with Crippen LogP contribution in [-0.2, 0) is 27.3 Å². The van der Waals surface area contributed by atoms with E-state index in [1.807, 2.05) is 43.3 Å². The number of benzene rings is 2. The van der Waals surface area contributed by atoms with Crippen molar-refractivity contribution >= 4 is 39.6 Å². The van der Waals surface area contributed by atoms with Gasteiger partial charge in [-0.15, -0.1) is 11.8 Å². The number of carbonyl (C=O) groups is 2. The van der Waals surface area contributed by atoms with Gasteiger partial charge in [-0.25, -0.2) is 0 Å². The topological polar surface area (TPSA) is 46.6 Å². The van der Waals surface area contributed by atoms with Crippen LogP contribution < -0.4 is 0 Å². The van der Waals surface area contributed by atoms with Crippen molar-refractivity contribution in [3.8, 4) is 0 Å². The van der Waals surface area contributed by atoms with Crippen LogP contribution in [0.2, 0.25) is 0 Å². The highest BCUT2D eigenvalue weighted by Crippen LogP contribution is 2.25. The molecule has 0 unspecified atom stereocenters. The maximum atomic E-state index is 12.3. The van der Waals surface area contributed by atoms with Gasteiger partial charge in [0.15, 0.2) is 6.61 Å². The number of esters is 1. The van der Waals surface area contributed by atoms with Gasteiger partial charge in [0.1, 0.15) is 0 Å². The van der Waals surface area contributed by atoms with Gasteiger partial charge in [-0.1, -0.05) is 40.2 Å². The maximum absolute atomic E-state index is 12.3. The molecule has 136 valence electrons. The Balaban J connectivity index is 1.45. The van der Waals surface area contributed by atoms with Gasteiger partial charge >= 0.3 is 5.97 Å². The van der Waals surface area contributed by atoms with Crippen molar-refractivity contribution in [2.24, 2.45) is 0 Å². The summed E-state index contributed by atoms with van der Waals surface area (Å²) in [6, 6.07) is 14.0. The number of halogens is 1. The molecule has 1 heterocycles. The summed E-state index contributed by atoms with van der Waals surface area (Å²) in [5.41, 5.74) is 3.55. The Morgan fingerprint density at radius 3 is 2.73 bits per heavy atom. The standard InChI is InChI=1S/C20H20BrNO3S/c1-14-10-17(21)6-7-18(14)26-13-20(24)25-12-19(23)22-9-8-15-4-2-3-5-16(15)11-22/h2-7,10H,8-9,11-13H2,1H3. The molecule has 2 aromatic rings. The number of amides is 1. The van der Waals surface area contributed by atoms with Gasteiger partial charge in [-0.05, 0) is 48.2 Å². The summed E-state index contributed by atoms with van der Waals surface area (Å²) in [4.78, 5) is 27.1. The fourth-order valence-electron chi connectivity index (χ4n) is 2.90. The van der Waals surface area contributed by atoms with Gasteiger partial charge in [0.25, 0.3) is 5.91 Å². The van der Waals surface area contributed by atoms with E-state index in [-0.39, 0.29) is 24.2 Å². The minimum atomic E-state index is -0.372. The van der Waals surface area contributed by atoms with Crippen molar-refractivity contribution in [1.82, 2.24) is 4.90 Å². The first-order valence-electron chi connectivity index (χ1n) is 8.42.